The number of fused-ring (bicyclic) bond motifs is 1. The van der Waals surface area contributed by atoms with E-state index < -0.39 is 0 Å². The zero-order valence-electron chi connectivity index (χ0n) is 11.7. The minimum atomic E-state index is 0.213. The molecule has 2 aromatic carbocycles. The summed E-state index contributed by atoms with van der Waals surface area (Å²) >= 11 is 3.56. The lowest BCUT2D eigenvalue weighted by molar-refractivity contribution is 0.246. The average Bonchev–Trinajstić information content (AvgIpc) is 2.82. The number of hydrogen-bond acceptors (Lipinski definition) is 2. The van der Waals surface area contributed by atoms with Crippen molar-refractivity contribution >= 4 is 21.6 Å². The van der Waals surface area contributed by atoms with Crippen LogP contribution in [-0.4, -0.2) is 12.6 Å². The zero-order chi connectivity index (χ0) is 14.1. The van der Waals surface area contributed by atoms with E-state index in [-0.39, 0.29) is 6.10 Å². The number of anilines is 1. The summed E-state index contributed by atoms with van der Waals surface area (Å²) in [5.74, 6) is 1.04. The lowest BCUT2D eigenvalue weighted by atomic mass is 10.1. The van der Waals surface area contributed by atoms with Gasteiger partial charge in [0.1, 0.15) is 11.9 Å². The lowest BCUT2D eigenvalue weighted by Gasteiger charge is -2.15. The summed E-state index contributed by atoms with van der Waals surface area (Å²) in [7, 11) is 0. The van der Waals surface area contributed by atoms with Gasteiger partial charge in [-0.25, -0.2) is 0 Å². The molecule has 0 spiro atoms. The van der Waals surface area contributed by atoms with Gasteiger partial charge in [0.05, 0.1) is 6.54 Å². The Balaban J connectivity index is 1.65. The second-order valence-electron chi connectivity index (χ2n) is 5.35. The molecule has 2 nitrogen and oxygen atoms in total. The first-order valence-corrected chi connectivity index (χ1v) is 7.68. The van der Waals surface area contributed by atoms with Crippen LogP contribution < -0.4 is 10.1 Å². The van der Waals surface area contributed by atoms with Crippen molar-refractivity contribution in [3.8, 4) is 5.75 Å². The van der Waals surface area contributed by atoms with E-state index in [0.29, 0.717) is 0 Å². The van der Waals surface area contributed by atoms with Gasteiger partial charge in [-0.15, -0.1) is 0 Å². The molecule has 1 unspecified atom stereocenters. The molecule has 0 radical (unpaired) electrons. The predicted molar refractivity (Wildman–Crippen MR) is 86.7 cm³/mol. The average molecular weight is 332 g/mol. The van der Waals surface area contributed by atoms with Crippen LogP contribution in [0.4, 0.5) is 5.69 Å². The smallest absolute Gasteiger partial charge is 0.123 e. The highest BCUT2D eigenvalue weighted by molar-refractivity contribution is 9.10. The largest absolute Gasteiger partial charge is 0.488 e. The van der Waals surface area contributed by atoms with Gasteiger partial charge in [-0.2, -0.15) is 0 Å². The monoisotopic (exact) mass is 331 g/mol. The van der Waals surface area contributed by atoms with E-state index in [9.17, 15) is 0 Å². The van der Waals surface area contributed by atoms with Crippen molar-refractivity contribution in [1.29, 1.82) is 0 Å². The first-order valence-electron chi connectivity index (χ1n) is 6.88. The number of ether oxygens (including phenoxy) is 1. The predicted octanol–water partition coefficient (Wildman–Crippen LogP) is 4.48. The van der Waals surface area contributed by atoms with E-state index in [1.807, 2.05) is 6.07 Å². The van der Waals surface area contributed by atoms with Crippen LogP contribution in [0.3, 0.4) is 0 Å². The molecule has 2 aromatic rings. The van der Waals surface area contributed by atoms with Gasteiger partial charge < -0.3 is 10.1 Å². The van der Waals surface area contributed by atoms with Crippen LogP contribution in [0.1, 0.15) is 16.7 Å². The SMILES string of the molecule is Cc1ccc2c(c1)CC(CNc1cccc(Br)c1C)O2. The van der Waals surface area contributed by atoms with Gasteiger partial charge in [-0.1, -0.05) is 39.7 Å². The minimum Gasteiger partial charge on any atom is -0.488 e. The maximum Gasteiger partial charge on any atom is 0.123 e. The number of nitrogens with one attached hydrogen (secondary N) is 1. The molecule has 1 heterocycles. The van der Waals surface area contributed by atoms with Crippen LogP contribution in [0, 0.1) is 13.8 Å². The fourth-order valence-corrected chi connectivity index (χ4v) is 2.95. The number of halogens is 1. The third-order valence-electron chi connectivity index (χ3n) is 3.75. The molecule has 20 heavy (non-hydrogen) atoms. The summed E-state index contributed by atoms with van der Waals surface area (Å²) in [5, 5.41) is 3.49. The van der Waals surface area contributed by atoms with Gasteiger partial charge in [0.25, 0.3) is 0 Å². The van der Waals surface area contributed by atoms with Crippen LogP contribution in [-0.2, 0) is 6.42 Å². The fraction of sp³-hybridized carbons (Fsp3) is 0.294. The van der Waals surface area contributed by atoms with Gasteiger partial charge >= 0.3 is 0 Å². The lowest BCUT2D eigenvalue weighted by Crippen LogP contribution is -2.24. The Morgan fingerprint density at radius 3 is 2.95 bits per heavy atom. The molecule has 1 aliphatic rings. The molecular weight excluding hydrogens is 314 g/mol. The molecular formula is C17H18BrNO. The summed E-state index contributed by atoms with van der Waals surface area (Å²) in [6.45, 7) is 5.06. The number of benzene rings is 2. The summed E-state index contributed by atoms with van der Waals surface area (Å²) in [5.41, 5.74) is 5.01. The molecule has 0 saturated heterocycles. The summed E-state index contributed by atoms with van der Waals surface area (Å²) in [6, 6.07) is 12.6. The van der Waals surface area contributed by atoms with E-state index in [1.165, 1.54) is 16.7 Å². The summed E-state index contributed by atoms with van der Waals surface area (Å²) < 4.78 is 7.11. The van der Waals surface area contributed by atoms with Crippen molar-refractivity contribution in [3.05, 3.63) is 57.6 Å². The van der Waals surface area contributed by atoms with Crippen molar-refractivity contribution in [2.45, 2.75) is 26.4 Å². The highest BCUT2D eigenvalue weighted by atomic mass is 79.9. The number of rotatable bonds is 3. The van der Waals surface area contributed by atoms with Gasteiger partial charge in [0, 0.05) is 16.6 Å². The van der Waals surface area contributed by atoms with Crippen LogP contribution in [0.5, 0.6) is 5.75 Å². The molecule has 0 fully saturated rings. The first-order chi connectivity index (χ1) is 9.63. The summed E-state index contributed by atoms with van der Waals surface area (Å²) in [6.07, 6.45) is 1.20. The Labute approximate surface area is 128 Å². The molecule has 1 atom stereocenters. The Morgan fingerprint density at radius 2 is 2.10 bits per heavy atom. The second kappa shape index (κ2) is 5.49. The van der Waals surface area contributed by atoms with E-state index >= 15 is 0 Å². The van der Waals surface area contributed by atoms with Gasteiger partial charge in [-0.05, 0) is 43.2 Å². The maximum absolute atomic E-state index is 5.98. The number of hydrogen-bond donors (Lipinski definition) is 1. The Morgan fingerprint density at radius 1 is 1.25 bits per heavy atom. The van der Waals surface area contributed by atoms with Crippen molar-refractivity contribution in [2.24, 2.45) is 0 Å². The maximum atomic E-state index is 5.98. The van der Waals surface area contributed by atoms with Crippen LogP contribution >= 0.6 is 15.9 Å². The highest BCUT2D eigenvalue weighted by Crippen LogP contribution is 2.30. The molecule has 3 heteroatoms. The topological polar surface area (TPSA) is 21.3 Å². The number of aryl methyl sites for hydroxylation is 1. The highest BCUT2D eigenvalue weighted by Gasteiger charge is 2.22. The van der Waals surface area contributed by atoms with Crippen LogP contribution in [0.15, 0.2) is 40.9 Å². The van der Waals surface area contributed by atoms with Crippen molar-refractivity contribution < 1.29 is 4.74 Å². The Bertz CT molecular complexity index is 639. The van der Waals surface area contributed by atoms with Crippen molar-refractivity contribution in [1.82, 2.24) is 0 Å². The molecule has 1 aliphatic heterocycles. The molecule has 0 aromatic heterocycles. The van der Waals surface area contributed by atoms with Crippen molar-refractivity contribution in [2.75, 3.05) is 11.9 Å². The van der Waals surface area contributed by atoms with Crippen molar-refractivity contribution in [3.63, 3.8) is 0 Å². The van der Waals surface area contributed by atoms with Gasteiger partial charge in [0.2, 0.25) is 0 Å². The Hall–Kier alpha value is -1.48. The van der Waals surface area contributed by atoms with Crippen LogP contribution in [0.2, 0.25) is 0 Å². The fourth-order valence-electron chi connectivity index (χ4n) is 2.59. The molecule has 3 rings (SSSR count). The quantitative estimate of drug-likeness (QED) is 0.895. The van der Waals surface area contributed by atoms with E-state index in [1.54, 1.807) is 0 Å². The van der Waals surface area contributed by atoms with Crippen LogP contribution in [0.25, 0.3) is 0 Å². The standard InChI is InChI=1S/C17H18BrNO/c1-11-6-7-17-13(8-11)9-14(20-17)10-19-16-5-3-4-15(18)12(16)2/h3-8,14,19H,9-10H2,1-2H3. The minimum absolute atomic E-state index is 0.213. The third kappa shape index (κ3) is 2.68. The molecule has 1 N–H and O–H groups in total. The third-order valence-corrected chi connectivity index (χ3v) is 4.60. The molecule has 0 aliphatic carbocycles. The zero-order valence-corrected chi connectivity index (χ0v) is 13.3. The van der Waals surface area contributed by atoms with Gasteiger partial charge in [0.15, 0.2) is 0 Å². The van der Waals surface area contributed by atoms with E-state index in [4.69, 9.17) is 4.74 Å². The van der Waals surface area contributed by atoms with E-state index in [0.717, 1.165) is 28.9 Å². The molecule has 0 bridgehead atoms. The Kier molecular flexibility index (Phi) is 3.70. The van der Waals surface area contributed by atoms with Gasteiger partial charge in [-0.3, -0.25) is 0 Å². The normalized spacial score (nSPS) is 16.6. The second-order valence-corrected chi connectivity index (χ2v) is 6.20. The molecule has 0 amide bonds. The molecule has 0 saturated carbocycles. The molecule has 104 valence electrons. The summed E-state index contributed by atoms with van der Waals surface area (Å²) in [4.78, 5) is 0. The first kappa shape index (κ1) is 13.5. The van der Waals surface area contributed by atoms with E-state index in [2.05, 4.69) is 65.4 Å².